The normalized spacial score (nSPS) is 16.9. The van der Waals surface area contributed by atoms with E-state index < -0.39 is 18.2 Å². The number of carbonyl (C=O) groups is 3. The van der Waals surface area contributed by atoms with Crippen molar-refractivity contribution in [3.8, 4) is 5.75 Å². The standard InChI is InChI=1S/C28H29N3O5/c1-4-29-27(33)24-25(36-28(34)31(24)17-19-10-8-18(2)9-11-19)21-6-5-7-22(16-21)30-26(32)20-12-14-23(35-3)15-13-20/h5-16,24-25H,4,17H2,1-3H3,(H,29,33)(H,30,32)/t24-,25-/m0/s1. The SMILES string of the molecule is CCNC(=O)[C@@H]1[C@H](c2cccc(NC(=O)c3ccc(OC)cc3)c2)OC(=O)N1Cc1ccc(C)cc1. The van der Waals surface area contributed by atoms with Crippen LogP contribution in [0.4, 0.5) is 10.5 Å². The van der Waals surface area contributed by atoms with Gasteiger partial charge in [0.25, 0.3) is 5.91 Å². The summed E-state index contributed by atoms with van der Waals surface area (Å²) in [6.45, 7) is 4.48. The van der Waals surface area contributed by atoms with Gasteiger partial charge in [-0.15, -0.1) is 0 Å². The number of cyclic esters (lactones) is 1. The minimum Gasteiger partial charge on any atom is -0.497 e. The smallest absolute Gasteiger partial charge is 0.411 e. The van der Waals surface area contributed by atoms with Gasteiger partial charge in [-0.2, -0.15) is 0 Å². The predicted molar refractivity (Wildman–Crippen MR) is 136 cm³/mol. The number of hydrogen-bond acceptors (Lipinski definition) is 5. The molecule has 1 aliphatic rings. The van der Waals surface area contributed by atoms with Gasteiger partial charge < -0.3 is 20.1 Å². The van der Waals surface area contributed by atoms with Crippen LogP contribution in [-0.2, 0) is 16.1 Å². The number of rotatable bonds is 8. The van der Waals surface area contributed by atoms with Crippen LogP contribution in [0, 0.1) is 6.92 Å². The Morgan fingerprint density at radius 1 is 1.03 bits per heavy atom. The summed E-state index contributed by atoms with van der Waals surface area (Å²) in [5.74, 6) is 0.0656. The van der Waals surface area contributed by atoms with Crippen molar-refractivity contribution in [3.63, 3.8) is 0 Å². The van der Waals surface area contributed by atoms with Gasteiger partial charge in [0.15, 0.2) is 12.1 Å². The highest BCUT2D eigenvalue weighted by Crippen LogP contribution is 2.35. The van der Waals surface area contributed by atoms with E-state index in [1.165, 1.54) is 4.90 Å². The summed E-state index contributed by atoms with van der Waals surface area (Å²) >= 11 is 0. The molecule has 3 amide bonds. The van der Waals surface area contributed by atoms with Crippen molar-refractivity contribution in [2.24, 2.45) is 0 Å². The van der Waals surface area contributed by atoms with E-state index in [-0.39, 0.29) is 18.4 Å². The van der Waals surface area contributed by atoms with Crippen molar-refractivity contribution >= 4 is 23.6 Å². The van der Waals surface area contributed by atoms with Crippen LogP contribution in [0.25, 0.3) is 0 Å². The Morgan fingerprint density at radius 3 is 2.42 bits per heavy atom. The highest BCUT2D eigenvalue weighted by Gasteiger charge is 2.46. The van der Waals surface area contributed by atoms with Crippen LogP contribution in [0.1, 0.15) is 40.1 Å². The van der Waals surface area contributed by atoms with Crippen molar-refractivity contribution < 1.29 is 23.9 Å². The van der Waals surface area contributed by atoms with Crippen LogP contribution in [0.3, 0.4) is 0 Å². The maximum atomic E-state index is 13.1. The minimum atomic E-state index is -0.855. The fourth-order valence-corrected chi connectivity index (χ4v) is 4.12. The molecule has 0 spiro atoms. The number of aryl methyl sites for hydroxylation is 1. The first-order valence-corrected chi connectivity index (χ1v) is 11.8. The zero-order valence-corrected chi connectivity index (χ0v) is 20.5. The Labute approximate surface area is 210 Å². The highest BCUT2D eigenvalue weighted by atomic mass is 16.6. The molecule has 3 aromatic rings. The molecule has 186 valence electrons. The summed E-state index contributed by atoms with van der Waals surface area (Å²) in [4.78, 5) is 40.1. The summed E-state index contributed by atoms with van der Waals surface area (Å²) < 4.78 is 10.8. The van der Waals surface area contributed by atoms with E-state index in [4.69, 9.17) is 9.47 Å². The third-order valence-corrected chi connectivity index (χ3v) is 6.00. The Hall–Kier alpha value is -4.33. The number of carbonyl (C=O) groups excluding carboxylic acids is 3. The summed E-state index contributed by atoms with van der Waals surface area (Å²) in [5, 5.41) is 5.68. The largest absolute Gasteiger partial charge is 0.497 e. The number of nitrogens with zero attached hydrogens (tertiary/aromatic N) is 1. The molecule has 0 radical (unpaired) electrons. The molecule has 0 saturated carbocycles. The van der Waals surface area contributed by atoms with Gasteiger partial charge in [-0.3, -0.25) is 14.5 Å². The van der Waals surface area contributed by atoms with Gasteiger partial charge in [-0.05, 0) is 61.4 Å². The Bertz CT molecular complexity index is 1240. The number of benzene rings is 3. The molecule has 1 heterocycles. The van der Waals surface area contributed by atoms with Gasteiger partial charge in [0.05, 0.1) is 13.7 Å². The first kappa shape index (κ1) is 24.8. The molecule has 1 saturated heterocycles. The first-order valence-electron chi connectivity index (χ1n) is 11.8. The molecule has 2 atom stereocenters. The average Bonchev–Trinajstić information content (AvgIpc) is 3.21. The third kappa shape index (κ3) is 5.49. The van der Waals surface area contributed by atoms with E-state index in [2.05, 4.69) is 10.6 Å². The van der Waals surface area contributed by atoms with Crippen molar-refractivity contribution in [2.45, 2.75) is 32.5 Å². The van der Waals surface area contributed by atoms with E-state index >= 15 is 0 Å². The molecule has 0 unspecified atom stereocenters. The summed E-state index contributed by atoms with van der Waals surface area (Å²) in [7, 11) is 1.56. The zero-order valence-electron chi connectivity index (χ0n) is 20.5. The number of hydrogen-bond donors (Lipinski definition) is 2. The second-order valence-electron chi connectivity index (χ2n) is 8.57. The molecule has 3 aromatic carbocycles. The van der Waals surface area contributed by atoms with Crippen LogP contribution < -0.4 is 15.4 Å². The van der Waals surface area contributed by atoms with Crippen molar-refractivity contribution in [1.29, 1.82) is 0 Å². The number of anilines is 1. The van der Waals surface area contributed by atoms with Crippen LogP contribution in [0.2, 0.25) is 0 Å². The number of amides is 3. The lowest BCUT2D eigenvalue weighted by Gasteiger charge is -2.24. The van der Waals surface area contributed by atoms with Gasteiger partial charge >= 0.3 is 6.09 Å². The van der Waals surface area contributed by atoms with Crippen molar-refractivity contribution in [2.75, 3.05) is 19.0 Å². The molecule has 4 rings (SSSR count). The van der Waals surface area contributed by atoms with Crippen LogP contribution in [0.5, 0.6) is 5.75 Å². The quantitative estimate of drug-likeness (QED) is 0.489. The maximum absolute atomic E-state index is 13.1. The fourth-order valence-electron chi connectivity index (χ4n) is 4.12. The van der Waals surface area contributed by atoms with Crippen molar-refractivity contribution in [1.82, 2.24) is 10.2 Å². The van der Waals surface area contributed by atoms with Gasteiger partial charge in [0.2, 0.25) is 5.91 Å². The first-order chi connectivity index (χ1) is 17.4. The minimum absolute atomic E-state index is 0.241. The molecule has 0 bridgehead atoms. The fraction of sp³-hybridized carbons (Fsp3) is 0.250. The topological polar surface area (TPSA) is 97.0 Å². The molecule has 2 N–H and O–H groups in total. The lowest BCUT2D eigenvalue weighted by molar-refractivity contribution is -0.126. The van der Waals surface area contributed by atoms with E-state index in [0.717, 1.165) is 11.1 Å². The predicted octanol–water partition coefficient (Wildman–Crippen LogP) is 4.45. The molecule has 8 nitrogen and oxygen atoms in total. The number of ether oxygens (including phenoxy) is 2. The van der Waals surface area contributed by atoms with Crippen LogP contribution >= 0.6 is 0 Å². The van der Waals surface area contributed by atoms with Gasteiger partial charge in [-0.25, -0.2) is 4.79 Å². The summed E-state index contributed by atoms with van der Waals surface area (Å²) in [6, 6.07) is 20.7. The maximum Gasteiger partial charge on any atom is 0.411 e. The molecular weight excluding hydrogens is 458 g/mol. The van der Waals surface area contributed by atoms with Gasteiger partial charge in [0, 0.05) is 17.8 Å². The van der Waals surface area contributed by atoms with E-state index in [1.807, 2.05) is 38.1 Å². The lowest BCUT2D eigenvalue weighted by atomic mass is 10.00. The van der Waals surface area contributed by atoms with Crippen molar-refractivity contribution in [3.05, 3.63) is 95.1 Å². The van der Waals surface area contributed by atoms with E-state index in [9.17, 15) is 14.4 Å². The number of methoxy groups -OCH3 is 1. The molecule has 0 aromatic heterocycles. The summed E-state index contributed by atoms with van der Waals surface area (Å²) in [6.07, 6.45) is -1.39. The Balaban J connectivity index is 1.57. The summed E-state index contributed by atoms with van der Waals surface area (Å²) in [5.41, 5.74) is 3.61. The number of likely N-dealkylation sites (N-methyl/N-ethyl adjacent to an activating group) is 1. The van der Waals surface area contributed by atoms with Gasteiger partial charge in [0.1, 0.15) is 5.75 Å². The molecule has 8 heteroatoms. The third-order valence-electron chi connectivity index (χ3n) is 6.00. The van der Waals surface area contributed by atoms with Gasteiger partial charge in [-0.1, -0.05) is 42.0 Å². The van der Waals surface area contributed by atoms with Crippen LogP contribution in [-0.4, -0.2) is 42.5 Å². The molecule has 1 aliphatic heterocycles. The van der Waals surface area contributed by atoms with Crippen LogP contribution in [0.15, 0.2) is 72.8 Å². The monoisotopic (exact) mass is 487 g/mol. The average molecular weight is 488 g/mol. The lowest BCUT2D eigenvalue weighted by Crippen LogP contribution is -2.46. The second-order valence-corrected chi connectivity index (χ2v) is 8.57. The molecule has 1 fully saturated rings. The van der Waals surface area contributed by atoms with E-state index in [1.54, 1.807) is 55.6 Å². The molecule has 0 aliphatic carbocycles. The van der Waals surface area contributed by atoms with E-state index in [0.29, 0.717) is 29.1 Å². The number of nitrogens with one attached hydrogen (secondary N) is 2. The Kier molecular flexibility index (Phi) is 7.53. The highest BCUT2D eigenvalue weighted by molar-refractivity contribution is 6.04. The zero-order chi connectivity index (χ0) is 25.7. The molecular formula is C28H29N3O5. The Morgan fingerprint density at radius 2 is 1.75 bits per heavy atom. The second kappa shape index (κ2) is 10.9. The molecule has 36 heavy (non-hydrogen) atoms.